The molecule has 152 valence electrons. The molecule has 1 saturated carbocycles. The number of carbonyl (C=O) groups is 3. The zero-order valence-corrected chi connectivity index (χ0v) is 15.2. The largest absolute Gasteiger partial charge is 0.493 e. The Hall–Kier alpha value is -2.91. The fourth-order valence-corrected chi connectivity index (χ4v) is 3.08. The number of amides is 4. The zero-order valence-electron chi connectivity index (χ0n) is 15.2. The summed E-state index contributed by atoms with van der Waals surface area (Å²) in [7, 11) is 1.35. The van der Waals surface area contributed by atoms with Gasteiger partial charge < -0.3 is 19.7 Å². The molecule has 1 aromatic rings. The van der Waals surface area contributed by atoms with Crippen molar-refractivity contribution in [3.8, 4) is 11.5 Å². The maximum absolute atomic E-state index is 12.7. The third-order valence-electron chi connectivity index (χ3n) is 4.61. The van der Waals surface area contributed by atoms with E-state index in [2.05, 4.69) is 15.4 Å². The maximum atomic E-state index is 12.7. The Kier molecular flexibility index (Phi) is 5.96. The Morgan fingerprint density at radius 3 is 2.61 bits per heavy atom. The number of rotatable bonds is 9. The van der Waals surface area contributed by atoms with Crippen LogP contribution in [0.25, 0.3) is 0 Å². The average Bonchev–Trinajstić information content (AvgIpc) is 3.43. The van der Waals surface area contributed by atoms with E-state index in [0.717, 1.165) is 12.8 Å². The molecular weight excluding hydrogens is 376 g/mol. The van der Waals surface area contributed by atoms with E-state index in [0.29, 0.717) is 5.56 Å². The Morgan fingerprint density at radius 1 is 1.29 bits per heavy atom. The van der Waals surface area contributed by atoms with Crippen molar-refractivity contribution in [1.29, 1.82) is 0 Å². The quantitative estimate of drug-likeness (QED) is 0.619. The summed E-state index contributed by atoms with van der Waals surface area (Å²) in [5.41, 5.74) is 0.714. The maximum Gasteiger partial charge on any atom is 0.387 e. The molecule has 0 aromatic heterocycles. The highest BCUT2D eigenvalue weighted by molar-refractivity contribution is 6.04. The van der Waals surface area contributed by atoms with Crippen LogP contribution in [0.2, 0.25) is 0 Å². The highest BCUT2D eigenvalue weighted by Crippen LogP contribution is 2.33. The molecule has 2 aliphatic rings. The number of benzene rings is 1. The third-order valence-corrected chi connectivity index (χ3v) is 4.61. The molecule has 8 nitrogen and oxygen atoms in total. The first-order valence-electron chi connectivity index (χ1n) is 8.90. The lowest BCUT2D eigenvalue weighted by Crippen LogP contribution is -2.35. The molecular formula is C18H21F2N3O5. The van der Waals surface area contributed by atoms with Gasteiger partial charge in [-0.1, -0.05) is 6.07 Å². The third kappa shape index (κ3) is 4.87. The normalized spacial score (nSPS) is 18.6. The summed E-state index contributed by atoms with van der Waals surface area (Å²) >= 11 is 0. The van der Waals surface area contributed by atoms with Gasteiger partial charge in [-0.05, 0) is 37.0 Å². The molecule has 0 bridgehead atoms. The number of halogens is 2. The van der Waals surface area contributed by atoms with Crippen LogP contribution in [0.3, 0.4) is 0 Å². The summed E-state index contributed by atoms with van der Waals surface area (Å²) in [5.74, 6) is -0.488. The van der Waals surface area contributed by atoms with E-state index in [1.807, 2.05) is 0 Å². The number of ether oxygens (including phenoxy) is 2. The molecule has 0 spiro atoms. The first-order valence-corrected chi connectivity index (χ1v) is 8.90. The molecule has 2 fully saturated rings. The molecule has 4 amide bonds. The molecule has 1 heterocycles. The van der Waals surface area contributed by atoms with Crippen LogP contribution in [-0.4, -0.2) is 48.6 Å². The van der Waals surface area contributed by atoms with Crippen molar-refractivity contribution in [3.63, 3.8) is 0 Å². The topological polar surface area (TPSA) is 97.0 Å². The molecule has 1 atom stereocenters. The van der Waals surface area contributed by atoms with Gasteiger partial charge in [-0.3, -0.25) is 14.9 Å². The van der Waals surface area contributed by atoms with Crippen LogP contribution < -0.4 is 20.1 Å². The Balaban J connectivity index is 1.63. The predicted molar refractivity (Wildman–Crippen MR) is 92.9 cm³/mol. The number of urea groups is 1. The van der Waals surface area contributed by atoms with Crippen molar-refractivity contribution in [1.82, 2.24) is 15.5 Å². The van der Waals surface area contributed by atoms with Gasteiger partial charge in [0.2, 0.25) is 5.91 Å². The monoisotopic (exact) mass is 397 g/mol. The van der Waals surface area contributed by atoms with Gasteiger partial charge in [0.1, 0.15) is 6.04 Å². The minimum absolute atomic E-state index is 0.0754. The standard InChI is InChI=1S/C18H21F2N3O5/c1-27-14-8-10(2-6-13(14)28-17(19)20)9-23(11-3-4-11)15(24)7-5-12-16(25)22-18(26)21-12/h2,6,8,11-12,17H,3-5,7,9H2,1H3,(H2,21,22,25,26). The smallest absolute Gasteiger partial charge is 0.387 e. The number of alkyl halides is 2. The number of imide groups is 1. The van der Waals surface area contributed by atoms with Crippen LogP contribution in [-0.2, 0) is 16.1 Å². The Morgan fingerprint density at radius 2 is 2.04 bits per heavy atom. The lowest BCUT2D eigenvalue weighted by molar-refractivity contribution is -0.132. The minimum atomic E-state index is -2.96. The Labute approximate surface area is 160 Å². The molecule has 0 radical (unpaired) electrons. The van der Waals surface area contributed by atoms with E-state index in [-0.39, 0.29) is 42.8 Å². The van der Waals surface area contributed by atoms with E-state index >= 15 is 0 Å². The van der Waals surface area contributed by atoms with E-state index in [9.17, 15) is 23.2 Å². The van der Waals surface area contributed by atoms with Gasteiger partial charge in [0.25, 0.3) is 5.91 Å². The lowest BCUT2D eigenvalue weighted by Gasteiger charge is -2.23. The van der Waals surface area contributed by atoms with Gasteiger partial charge in [0, 0.05) is 19.0 Å². The van der Waals surface area contributed by atoms with Crippen molar-refractivity contribution in [2.24, 2.45) is 0 Å². The van der Waals surface area contributed by atoms with Gasteiger partial charge in [-0.25, -0.2) is 4.79 Å². The van der Waals surface area contributed by atoms with Crippen molar-refractivity contribution < 1.29 is 32.6 Å². The number of methoxy groups -OCH3 is 1. The average molecular weight is 397 g/mol. The molecule has 1 aliphatic carbocycles. The van der Waals surface area contributed by atoms with Gasteiger partial charge in [-0.2, -0.15) is 8.78 Å². The second kappa shape index (κ2) is 8.41. The summed E-state index contributed by atoms with van der Waals surface area (Å²) in [4.78, 5) is 37.1. The van der Waals surface area contributed by atoms with Crippen molar-refractivity contribution in [2.45, 2.75) is 50.9 Å². The second-order valence-electron chi connectivity index (χ2n) is 6.67. The summed E-state index contributed by atoms with van der Waals surface area (Å²) in [6.07, 6.45) is 2.09. The fourth-order valence-electron chi connectivity index (χ4n) is 3.08. The molecule has 28 heavy (non-hydrogen) atoms. The first-order chi connectivity index (χ1) is 13.4. The molecule has 2 N–H and O–H groups in total. The minimum Gasteiger partial charge on any atom is -0.493 e. The van der Waals surface area contributed by atoms with Crippen LogP contribution in [0.1, 0.15) is 31.2 Å². The number of hydrogen-bond donors (Lipinski definition) is 2. The van der Waals surface area contributed by atoms with Crippen LogP contribution in [0.5, 0.6) is 11.5 Å². The van der Waals surface area contributed by atoms with E-state index in [1.54, 1.807) is 17.0 Å². The van der Waals surface area contributed by atoms with Crippen LogP contribution >= 0.6 is 0 Å². The van der Waals surface area contributed by atoms with Gasteiger partial charge in [0.15, 0.2) is 11.5 Å². The summed E-state index contributed by atoms with van der Waals surface area (Å²) in [6.45, 7) is -2.67. The number of nitrogens with zero attached hydrogens (tertiary/aromatic N) is 1. The van der Waals surface area contributed by atoms with E-state index < -0.39 is 24.6 Å². The van der Waals surface area contributed by atoms with Gasteiger partial charge in [0.05, 0.1) is 7.11 Å². The molecule has 1 aromatic carbocycles. The SMILES string of the molecule is COc1cc(CN(C(=O)CCC2NC(=O)NC2=O)C2CC2)ccc1OC(F)F. The van der Waals surface area contributed by atoms with Crippen LogP contribution in [0, 0.1) is 0 Å². The van der Waals surface area contributed by atoms with Crippen molar-refractivity contribution in [3.05, 3.63) is 23.8 Å². The van der Waals surface area contributed by atoms with Crippen molar-refractivity contribution >= 4 is 17.8 Å². The zero-order chi connectivity index (χ0) is 20.3. The van der Waals surface area contributed by atoms with E-state index in [1.165, 1.54) is 13.2 Å². The van der Waals surface area contributed by atoms with E-state index in [4.69, 9.17) is 4.74 Å². The molecule has 3 rings (SSSR count). The van der Waals surface area contributed by atoms with Gasteiger partial charge in [-0.15, -0.1) is 0 Å². The molecule has 1 unspecified atom stereocenters. The lowest BCUT2D eigenvalue weighted by atomic mass is 10.1. The Bertz CT molecular complexity index is 770. The highest BCUT2D eigenvalue weighted by atomic mass is 19.3. The number of carbonyl (C=O) groups excluding carboxylic acids is 3. The highest BCUT2D eigenvalue weighted by Gasteiger charge is 2.34. The molecule has 10 heteroatoms. The van der Waals surface area contributed by atoms with Gasteiger partial charge >= 0.3 is 12.6 Å². The summed E-state index contributed by atoms with van der Waals surface area (Å²) in [6, 6.07) is 3.40. The number of nitrogens with one attached hydrogen (secondary N) is 2. The second-order valence-corrected chi connectivity index (χ2v) is 6.67. The first kappa shape index (κ1) is 19.8. The summed E-state index contributed by atoms with van der Waals surface area (Å²) < 4.78 is 34.4. The fraction of sp³-hybridized carbons (Fsp3) is 0.500. The number of hydrogen-bond acceptors (Lipinski definition) is 5. The van der Waals surface area contributed by atoms with Crippen molar-refractivity contribution in [2.75, 3.05) is 7.11 Å². The predicted octanol–water partition coefficient (Wildman–Crippen LogP) is 1.78. The van der Waals surface area contributed by atoms with Crippen LogP contribution in [0.15, 0.2) is 18.2 Å². The molecule has 1 aliphatic heterocycles. The van der Waals surface area contributed by atoms with Crippen LogP contribution in [0.4, 0.5) is 13.6 Å². The molecule has 1 saturated heterocycles. The summed E-state index contributed by atoms with van der Waals surface area (Å²) in [5, 5.41) is 4.60.